The van der Waals surface area contributed by atoms with Crippen LogP contribution in [-0.2, 0) is 11.2 Å². The molecule has 134 valence electrons. The zero-order valence-corrected chi connectivity index (χ0v) is 15.2. The third-order valence-electron chi connectivity index (χ3n) is 5.67. The summed E-state index contributed by atoms with van der Waals surface area (Å²) in [5.41, 5.74) is 7.45. The van der Waals surface area contributed by atoms with E-state index in [0.717, 1.165) is 30.6 Å². The number of carbonyl (C=O) groups is 1. The van der Waals surface area contributed by atoms with Gasteiger partial charge in [-0.15, -0.1) is 12.4 Å². The normalized spacial score (nSPS) is 28.6. The summed E-state index contributed by atoms with van der Waals surface area (Å²) in [6.07, 6.45) is 6.42. The maximum absolute atomic E-state index is 12.5. The highest BCUT2D eigenvalue weighted by Crippen LogP contribution is 2.41. The van der Waals surface area contributed by atoms with Crippen LogP contribution in [0.5, 0.6) is 5.75 Å². The lowest BCUT2D eigenvalue weighted by atomic mass is 9.65. The predicted molar refractivity (Wildman–Crippen MR) is 98.5 cm³/mol. The lowest BCUT2D eigenvalue weighted by molar-refractivity contribution is -0.127. The van der Waals surface area contributed by atoms with Gasteiger partial charge in [0, 0.05) is 18.5 Å². The van der Waals surface area contributed by atoms with E-state index in [1.807, 2.05) is 18.2 Å². The summed E-state index contributed by atoms with van der Waals surface area (Å²) in [7, 11) is 1.68. The molecule has 0 aliphatic heterocycles. The standard InChI is InChI=1S/C19H28N2O2.ClH/c1-23-17-8-3-2-5-13(17)9-10-21-19(22)16-11-14-6-4-7-15(12-16)18(14)20;/h2-3,5,8,14-16,18H,4,6-7,9-12,20H2,1H3,(H,21,22);1H. The van der Waals surface area contributed by atoms with E-state index in [9.17, 15) is 4.79 Å². The Kier molecular flexibility index (Phi) is 6.93. The average Bonchev–Trinajstić information content (AvgIpc) is 2.55. The summed E-state index contributed by atoms with van der Waals surface area (Å²) in [4.78, 5) is 12.5. The van der Waals surface area contributed by atoms with Gasteiger partial charge >= 0.3 is 0 Å². The molecule has 0 saturated heterocycles. The number of para-hydroxylation sites is 1. The second kappa shape index (κ2) is 8.72. The fourth-order valence-corrected chi connectivity index (χ4v) is 4.38. The van der Waals surface area contributed by atoms with Gasteiger partial charge in [-0.3, -0.25) is 4.79 Å². The summed E-state index contributed by atoms with van der Waals surface area (Å²) in [5.74, 6) is 2.35. The number of fused-ring (bicyclic) bond motifs is 2. The Balaban J connectivity index is 0.00000208. The van der Waals surface area contributed by atoms with E-state index in [1.54, 1.807) is 7.11 Å². The molecular weight excluding hydrogens is 324 g/mol. The second-order valence-electron chi connectivity index (χ2n) is 7.05. The van der Waals surface area contributed by atoms with Gasteiger partial charge in [-0.2, -0.15) is 0 Å². The van der Waals surface area contributed by atoms with E-state index < -0.39 is 0 Å². The van der Waals surface area contributed by atoms with Gasteiger partial charge in [-0.25, -0.2) is 0 Å². The van der Waals surface area contributed by atoms with E-state index in [-0.39, 0.29) is 24.2 Å². The Morgan fingerprint density at radius 1 is 1.25 bits per heavy atom. The van der Waals surface area contributed by atoms with Crippen molar-refractivity contribution in [3.8, 4) is 5.75 Å². The number of hydrogen-bond donors (Lipinski definition) is 2. The van der Waals surface area contributed by atoms with Crippen LogP contribution in [-0.4, -0.2) is 25.6 Å². The first-order valence-electron chi connectivity index (χ1n) is 8.84. The molecule has 1 aromatic carbocycles. The minimum Gasteiger partial charge on any atom is -0.496 e. The number of nitrogens with one attached hydrogen (secondary N) is 1. The number of ether oxygens (including phenoxy) is 1. The molecule has 0 radical (unpaired) electrons. The minimum absolute atomic E-state index is 0. The van der Waals surface area contributed by atoms with Crippen molar-refractivity contribution in [3.05, 3.63) is 29.8 Å². The molecule has 4 nitrogen and oxygen atoms in total. The Morgan fingerprint density at radius 3 is 2.58 bits per heavy atom. The highest BCUT2D eigenvalue weighted by Gasteiger charge is 2.40. The average molecular weight is 353 g/mol. The molecule has 2 bridgehead atoms. The van der Waals surface area contributed by atoms with Gasteiger partial charge in [0.15, 0.2) is 0 Å². The molecule has 2 fully saturated rings. The van der Waals surface area contributed by atoms with Gasteiger partial charge in [0.05, 0.1) is 7.11 Å². The van der Waals surface area contributed by atoms with Crippen molar-refractivity contribution in [1.29, 1.82) is 0 Å². The molecular formula is C19H29ClN2O2. The first-order valence-corrected chi connectivity index (χ1v) is 8.84. The molecule has 3 N–H and O–H groups in total. The van der Waals surface area contributed by atoms with Crippen molar-refractivity contribution in [3.63, 3.8) is 0 Å². The third kappa shape index (κ3) is 4.22. The van der Waals surface area contributed by atoms with E-state index in [1.165, 1.54) is 19.3 Å². The van der Waals surface area contributed by atoms with Crippen LogP contribution in [0.3, 0.4) is 0 Å². The molecule has 0 spiro atoms. The van der Waals surface area contributed by atoms with Gasteiger partial charge in [0.25, 0.3) is 0 Å². The lowest BCUT2D eigenvalue weighted by Crippen LogP contribution is -2.49. The first-order chi connectivity index (χ1) is 11.2. The van der Waals surface area contributed by atoms with Crippen molar-refractivity contribution in [2.24, 2.45) is 23.5 Å². The summed E-state index contributed by atoms with van der Waals surface area (Å²) in [5, 5.41) is 3.12. The third-order valence-corrected chi connectivity index (χ3v) is 5.67. The molecule has 3 rings (SSSR count). The fraction of sp³-hybridized carbons (Fsp3) is 0.632. The first kappa shape index (κ1) is 19.1. The molecule has 2 aliphatic rings. The monoisotopic (exact) mass is 352 g/mol. The van der Waals surface area contributed by atoms with Crippen LogP contribution in [0.15, 0.2) is 24.3 Å². The zero-order chi connectivity index (χ0) is 16.2. The largest absolute Gasteiger partial charge is 0.496 e. The molecule has 1 aromatic rings. The van der Waals surface area contributed by atoms with Crippen LogP contribution in [0.2, 0.25) is 0 Å². The van der Waals surface area contributed by atoms with Crippen LogP contribution in [0.1, 0.15) is 37.7 Å². The SMILES string of the molecule is COc1ccccc1CCNC(=O)C1CC2CCCC(C1)C2N.Cl. The van der Waals surface area contributed by atoms with Crippen molar-refractivity contribution in [1.82, 2.24) is 5.32 Å². The number of carbonyl (C=O) groups excluding carboxylic acids is 1. The molecule has 2 unspecified atom stereocenters. The molecule has 1 amide bonds. The number of halogens is 1. The topological polar surface area (TPSA) is 64.3 Å². The maximum atomic E-state index is 12.5. The number of amides is 1. The van der Waals surface area contributed by atoms with Crippen molar-refractivity contribution in [2.75, 3.05) is 13.7 Å². The minimum atomic E-state index is 0. The molecule has 0 heterocycles. The van der Waals surface area contributed by atoms with E-state index in [2.05, 4.69) is 11.4 Å². The summed E-state index contributed by atoms with van der Waals surface area (Å²) < 4.78 is 5.35. The number of methoxy groups -OCH3 is 1. The highest BCUT2D eigenvalue weighted by molar-refractivity contribution is 5.85. The van der Waals surface area contributed by atoms with Crippen LogP contribution in [0.4, 0.5) is 0 Å². The molecule has 2 saturated carbocycles. The van der Waals surface area contributed by atoms with Crippen LogP contribution in [0, 0.1) is 17.8 Å². The smallest absolute Gasteiger partial charge is 0.223 e. The van der Waals surface area contributed by atoms with Gasteiger partial charge < -0.3 is 15.8 Å². The molecule has 2 atom stereocenters. The van der Waals surface area contributed by atoms with Crippen LogP contribution < -0.4 is 15.8 Å². The van der Waals surface area contributed by atoms with Gasteiger partial charge in [-0.05, 0) is 55.6 Å². The van der Waals surface area contributed by atoms with Crippen LogP contribution >= 0.6 is 12.4 Å². The second-order valence-corrected chi connectivity index (χ2v) is 7.05. The summed E-state index contributed by atoms with van der Waals surface area (Å²) in [6.45, 7) is 0.664. The van der Waals surface area contributed by atoms with Crippen molar-refractivity contribution < 1.29 is 9.53 Å². The lowest BCUT2D eigenvalue weighted by Gasteiger charge is -2.43. The molecule has 24 heavy (non-hydrogen) atoms. The Bertz CT molecular complexity index is 538. The van der Waals surface area contributed by atoms with E-state index >= 15 is 0 Å². The number of nitrogens with two attached hydrogens (primary N) is 1. The summed E-state index contributed by atoms with van der Waals surface area (Å²) >= 11 is 0. The van der Waals surface area contributed by atoms with Crippen LogP contribution in [0.25, 0.3) is 0 Å². The van der Waals surface area contributed by atoms with E-state index in [0.29, 0.717) is 24.4 Å². The molecule has 5 heteroatoms. The van der Waals surface area contributed by atoms with Gasteiger partial charge in [-0.1, -0.05) is 24.6 Å². The number of rotatable bonds is 5. The molecule has 0 aromatic heterocycles. The summed E-state index contributed by atoms with van der Waals surface area (Å²) in [6, 6.07) is 8.30. The quantitative estimate of drug-likeness (QED) is 0.856. The predicted octanol–water partition coefficient (Wildman–Crippen LogP) is 2.93. The van der Waals surface area contributed by atoms with Crippen molar-refractivity contribution >= 4 is 18.3 Å². The number of benzene rings is 1. The Labute approximate surface area is 150 Å². The van der Waals surface area contributed by atoms with Crippen molar-refractivity contribution in [2.45, 2.75) is 44.6 Å². The van der Waals surface area contributed by atoms with Gasteiger partial charge in [0.1, 0.15) is 5.75 Å². The Hall–Kier alpha value is -1.26. The molecule has 2 aliphatic carbocycles. The maximum Gasteiger partial charge on any atom is 0.223 e. The van der Waals surface area contributed by atoms with E-state index in [4.69, 9.17) is 10.5 Å². The number of hydrogen-bond acceptors (Lipinski definition) is 3. The fourth-order valence-electron chi connectivity index (χ4n) is 4.38. The van der Waals surface area contributed by atoms with Gasteiger partial charge in [0.2, 0.25) is 5.91 Å². The zero-order valence-electron chi connectivity index (χ0n) is 14.4. The Morgan fingerprint density at radius 2 is 1.92 bits per heavy atom. The highest BCUT2D eigenvalue weighted by atomic mass is 35.5.